The van der Waals surface area contributed by atoms with Crippen molar-refractivity contribution in [3.8, 4) is 0 Å². The fourth-order valence-corrected chi connectivity index (χ4v) is 1.48. The molecule has 0 radical (unpaired) electrons. The van der Waals surface area contributed by atoms with E-state index < -0.39 is 0 Å². The van der Waals surface area contributed by atoms with Gasteiger partial charge in [-0.25, -0.2) is 0 Å². The standard InChI is InChI=1S/C7H15N/c1-6-3-2-4-7(8)5-6/h6-7H,2-5,8H2,1H3/t6?,7-/m1/s1. The summed E-state index contributed by atoms with van der Waals surface area (Å²) in [6, 6.07) is 0.513. The highest BCUT2D eigenvalue weighted by atomic mass is 14.6. The van der Waals surface area contributed by atoms with E-state index in [9.17, 15) is 0 Å². The lowest BCUT2D eigenvalue weighted by molar-refractivity contribution is 0.344. The highest BCUT2D eigenvalue weighted by Gasteiger charge is 2.13. The number of hydrogen-bond donors (Lipinski definition) is 1. The first-order valence-corrected chi connectivity index (χ1v) is 3.54. The van der Waals surface area contributed by atoms with Gasteiger partial charge in [-0.3, -0.25) is 0 Å². The van der Waals surface area contributed by atoms with E-state index in [0.717, 1.165) is 5.92 Å². The zero-order valence-corrected chi connectivity index (χ0v) is 5.56. The van der Waals surface area contributed by atoms with Crippen molar-refractivity contribution >= 4 is 0 Å². The minimum atomic E-state index is 0.513. The molecular weight excluding hydrogens is 98.1 g/mol. The third kappa shape index (κ3) is 1.48. The summed E-state index contributed by atoms with van der Waals surface area (Å²) in [4.78, 5) is 0. The summed E-state index contributed by atoms with van der Waals surface area (Å²) < 4.78 is 0. The molecule has 0 aliphatic heterocycles. The van der Waals surface area contributed by atoms with Crippen LogP contribution in [-0.2, 0) is 0 Å². The van der Waals surface area contributed by atoms with Gasteiger partial charge in [-0.2, -0.15) is 0 Å². The van der Waals surface area contributed by atoms with E-state index in [1.807, 2.05) is 0 Å². The molecule has 1 saturated carbocycles. The van der Waals surface area contributed by atoms with Crippen LogP contribution < -0.4 is 5.73 Å². The van der Waals surface area contributed by atoms with Crippen LogP contribution in [0.5, 0.6) is 0 Å². The minimum Gasteiger partial charge on any atom is -0.328 e. The van der Waals surface area contributed by atoms with E-state index in [2.05, 4.69) is 6.92 Å². The topological polar surface area (TPSA) is 26.0 Å². The van der Waals surface area contributed by atoms with Crippen molar-refractivity contribution in [2.24, 2.45) is 11.7 Å². The van der Waals surface area contributed by atoms with E-state index in [-0.39, 0.29) is 0 Å². The van der Waals surface area contributed by atoms with Crippen LogP contribution in [0.2, 0.25) is 0 Å². The second kappa shape index (κ2) is 2.49. The molecule has 1 heteroatoms. The van der Waals surface area contributed by atoms with Crippen LogP contribution in [0.1, 0.15) is 32.6 Å². The van der Waals surface area contributed by atoms with Crippen LogP contribution >= 0.6 is 0 Å². The number of nitrogens with two attached hydrogens (primary N) is 1. The van der Waals surface area contributed by atoms with Crippen molar-refractivity contribution in [2.45, 2.75) is 38.6 Å². The Morgan fingerprint density at radius 3 is 2.50 bits per heavy atom. The van der Waals surface area contributed by atoms with Crippen molar-refractivity contribution in [3.63, 3.8) is 0 Å². The summed E-state index contributed by atoms with van der Waals surface area (Å²) >= 11 is 0. The SMILES string of the molecule is CC1CCC[C@@H](N)C1. The molecule has 48 valence electrons. The van der Waals surface area contributed by atoms with Gasteiger partial charge < -0.3 is 5.73 Å². The zero-order valence-electron chi connectivity index (χ0n) is 5.56. The van der Waals surface area contributed by atoms with Crippen molar-refractivity contribution in [3.05, 3.63) is 0 Å². The lowest BCUT2D eigenvalue weighted by atomic mass is 9.88. The molecule has 0 amide bonds. The molecule has 8 heavy (non-hydrogen) atoms. The van der Waals surface area contributed by atoms with Crippen LogP contribution in [-0.4, -0.2) is 6.04 Å². The molecule has 2 N–H and O–H groups in total. The zero-order chi connectivity index (χ0) is 5.98. The normalized spacial score (nSPS) is 39.8. The Morgan fingerprint density at radius 1 is 1.38 bits per heavy atom. The van der Waals surface area contributed by atoms with Gasteiger partial charge >= 0.3 is 0 Å². The monoisotopic (exact) mass is 113 g/mol. The molecule has 1 nitrogen and oxygen atoms in total. The third-order valence-corrected chi connectivity index (χ3v) is 1.98. The Hall–Kier alpha value is -0.0400. The van der Waals surface area contributed by atoms with Crippen LogP contribution in [0.25, 0.3) is 0 Å². The van der Waals surface area contributed by atoms with Crippen molar-refractivity contribution in [2.75, 3.05) is 0 Å². The molecule has 0 spiro atoms. The minimum absolute atomic E-state index is 0.513. The van der Waals surface area contributed by atoms with Gasteiger partial charge in [0.25, 0.3) is 0 Å². The molecule has 1 aliphatic rings. The molecule has 0 aromatic carbocycles. The Bertz CT molecular complexity index is 62.8. The average molecular weight is 113 g/mol. The van der Waals surface area contributed by atoms with E-state index in [1.165, 1.54) is 25.7 Å². The molecule has 1 aliphatic carbocycles. The Balaban J connectivity index is 2.23. The Labute approximate surface area is 51.3 Å². The van der Waals surface area contributed by atoms with E-state index in [0.29, 0.717) is 6.04 Å². The van der Waals surface area contributed by atoms with Crippen molar-refractivity contribution in [1.82, 2.24) is 0 Å². The van der Waals surface area contributed by atoms with Crippen molar-refractivity contribution < 1.29 is 0 Å². The largest absolute Gasteiger partial charge is 0.328 e. The molecule has 2 atom stereocenters. The maximum absolute atomic E-state index is 5.73. The first kappa shape index (κ1) is 6.09. The van der Waals surface area contributed by atoms with Gasteiger partial charge in [0.15, 0.2) is 0 Å². The fraction of sp³-hybridized carbons (Fsp3) is 1.00. The molecule has 0 aromatic rings. The van der Waals surface area contributed by atoms with E-state index in [4.69, 9.17) is 5.73 Å². The lowest BCUT2D eigenvalue weighted by Crippen LogP contribution is -2.26. The van der Waals surface area contributed by atoms with Gasteiger partial charge in [-0.05, 0) is 18.8 Å². The summed E-state index contributed by atoms with van der Waals surface area (Å²) in [6.07, 6.45) is 5.25. The fourth-order valence-electron chi connectivity index (χ4n) is 1.48. The first-order chi connectivity index (χ1) is 3.79. The predicted molar refractivity (Wildman–Crippen MR) is 35.6 cm³/mol. The maximum atomic E-state index is 5.73. The molecule has 1 unspecified atom stereocenters. The molecule has 0 heterocycles. The van der Waals surface area contributed by atoms with E-state index >= 15 is 0 Å². The van der Waals surface area contributed by atoms with E-state index in [1.54, 1.807) is 0 Å². The second-order valence-corrected chi connectivity index (χ2v) is 3.03. The van der Waals surface area contributed by atoms with Gasteiger partial charge in [0.2, 0.25) is 0 Å². The Kier molecular flexibility index (Phi) is 1.90. The highest BCUT2D eigenvalue weighted by Crippen LogP contribution is 2.21. The first-order valence-electron chi connectivity index (χ1n) is 3.54. The molecule has 0 saturated heterocycles. The lowest BCUT2D eigenvalue weighted by Gasteiger charge is -2.22. The maximum Gasteiger partial charge on any atom is 0.00413 e. The van der Waals surface area contributed by atoms with Crippen LogP contribution in [0, 0.1) is 5.92 Å². The summed E-state index contributed by atoms with van der Waals surface area (Å²) in [5.74, 6) is 0.888. The average Bonchev–Trinajstić information content (AvgIpc) is 1.64. The Morgan fingerprint density at radius 2 is 2.12 bits per heavy atom. The van der Waals surface area contributed by atoms with Crippen LogP contribution in [0.3, 0.4) is 0 Å². The molecule has 1 rings (SSSR count). The van der Waals surface area contributed by atoms with Gasteiger partial charge in [0.1, 0.15) is 0 Å². The third-order valence-electron chi connectivity index (χ3n) is 1.98. The number of hydrogen-bond acceptors (Lipinski definition) is 1. The highest BCUT2D eigenvalue weighted by molar-refractivity contribution is 4.71. The second-order valence-electron chi connectivity index (χ2n) is 3.03. The summed E-state index contributed by atoms with van der Waals surface area (Å²) in [5.41, 5.74) is 5.73. The summed E-state index contributed by atoms with van der Waals surface area (Å²) in [6.45, 7) is 2.29. The van der Waals surface area contributed by atoms with Gasteiger partial charge in [-0.15, -0.1) is 0 Å². The molecule has 0 bridgehead atoms. The number of rotatable bonds is 0. The van der Waals surface area contributed by atoms with Gasteiger partial charge in [0.05, 0.1) is 0 Å². The summed E-state index contributed by atoms with van der Waals surface area (Å²) in [7, 11) is 0. The van der Waals surface area contributed by atoms with Crippen molar-refractivity contribution in [1.29, 1.82) is 0 Å². The molecule has 1 fully saturated rings. The smallest absolute Gasteiger partial charge is 0.00413 e. The van der Waals surface area contributed by atoms with Crippen LogP contribution in [0.4, 0.5) is 0 Å². The predicted octanol–water partition coefficient (Wildman–Crippen LogP) is 1.52. The quantitative estimate of drug-likeness (QED) is 0.506. The van der Waals surface area contributed by atoms with Gasteiger partial charge in [0, 0.05) is 6.04 Å². The molecule has 0 aromatic heterocycles. The molecular formula is C7H15N. The van der Waals surface area contributed by atoms with Crippen LogP contribution in [0.15, 0.2) is 0 Å². The summed E-state index contributed by atoms with van der Waals surface area (Å²) in [5, 5.41) is 0. The van der Waals surface area contributed by atoms with Gasteiger partial charge in [-0.1, -0.05) is 19.8 Å².